The van der Waals surface area contributed by atoms with Crippen molar-refractivity contribution in [1.29, 1.82) is 5.26 Å². The van der Waals surface area contributed by atoms with Gasteiger partial charge in [0.15, 0.2) is 0 Å². The van der Waals surface area contributed by atoms with Crippen LogP contribution in [0.2, 0.25) is 0 Å². The Labute approximate surface area is 242 Å². The fraction of sp³-hybridized carbons (Fsp3) is 0.533. The predicted molar refractivity (Wildman–Crippen MR) is 159 cm³/mol. The molecule has 41 heavy (non-hydrogen) atoms. The quantitative estimate of drug-likeness (QED) is 0.477. The summed E-state index contributed by atoms with van der Waals surface area (Å²) in [6, 6.07) is 11.6. The molecule has 0 radical (unpaired) electrons. The number of nitriles is 1. The number of fused-ring (bicyclic) bond motifs is 1. The van der Waals surface area contributed by atoms with Crippen LogP contribution in [0.4, 0.5) is 17.5 Å². The van der Waals surface area contributed by atoms with Crippen LogP contribution < -0.4 is 20.4 Å². The Morgan fingerprint density at radius 1 is 1.10 bits per heavy atom. The van der Waals surface area contributed by atoms with Crippen LogP contribution in [0.5, 0.6) is 0 Å². The first kappa shape index (κ1) is 26.3. The van der Waals surface area contributed by atoms with Crippen molar-refractivity contribution in [3.05, 3.63) is 47.8 Å². The third kappa shape index (κ3) is 5.78. The Bertz CT molecular complexity index is 1480. The summed E-state index contributed by atoms with van der Waals surface area (Å²) in [5.74, 6) is 1.68. The zero-order valence-corrected chi connectivity index (χ0v) is 24.0. The Morgan fingerprint density at radius 2 is 1.93 bits per heavy atom. The number of nitrogens with two attached hydrogens (primary N) is 1. The summed E-state index contributed by atoms with van der Waals surface area (Å²) in [5, 5.41) is 10.5. The summed E-state index contributed by atoms with van der Waals surface area (Å²) < 4.78 is 19.9. The number of aryl methyl sites for hydroxylation is 1. The van der Waals surface area contributed by atoms with E-state index in [0.717, 1.165) is 87.4 Å². The SMILES string of the molecule is [2H]c1ccc2c(N3C[C@H](CN4CCN(c5nc(C)cc(N6C[C@H](OC)[C@@H](N)C6)n5)CC4)O[C@H](C)C3)ccc(C#N)c2n1. The van der Waals surface area contributed by atoms with Gasteiger partial charge in [-0.2, -0.15) is 10.2 Å². The van der Waals surface area contributed by atoms with Gasteiger partial charge in [0.25, 0.3) is 0 Å². The van der Waals surface area contributed by atoms with E-state index in [2.05, 4.69) is 37.6 Å². The summed E-state index contributed by atoms with van der Waals surface area (Å²) in [5.41, 5.74) is 9.31. The van der Waals surface area contributed by atoms with E-state index in [1.807, 2.05) is 31.2 Å². The molecule has 6 rings (SSSR count). The van der Waals surface area contributed by atoms with Crippen molar-refractivity contribution in [3.8, 4) is 6.07 Å². The smallest absolute Gasteiger partial charge is 0.227 e. The van der Waals surface area contributed by atoms with E-state index in [1.165, 1.54) is 0 Å². The van der Waals surface area contributed by atoms with Crippen LogP contribution in [0.3, 0.4) is 0 Å². The predicted octanol–water partition coefficient (Wildman–Crippen LogP) is 1.78. The zero-order valence-electron chi connectivity index (χ0n) is 25.0. The van der Waals surface area contributed by atoms with E-state index in [4.69, 9.17) is 26.5 Å². The number of nitrogens with zero attached hydrogens (tertiary/aromatic N) is 8. The maximum Gasteiger partial charge on any atom is 0.227 e. The maximum absolute atomic E-state index is 9.58. The molecule has 2 N–H and O–H groups in total. The molecule has 4 atom stereocenters. The number of aromatic nitrogens is 3. The first-order chi connectivity index (χ1) is 20.3. The van der Waals surface area contributed by atoms with Crippen molar-refractivity contribution < 1.29 is 10.8 Å². The van der Waals surface area contributed by atoms with E-state index in [0.29, 0.717) is 11.1 Å². The monoisotopic (exact) mass is 558 g/mol. The molecule has 0 aliphatic carbocycles. The third-order valence-electron chi connectivity index (χ3n) is 8.36. The summed E-state index contributed by atoms with van der Waals surface area (Å²) in [7, 11) is 1.71. The zero-order chi connectivity index (χ0) is 29.4. The summed E-state index contributed by atoms with van der Waals surface area (Å²) in [4.78, 5) is 23.3. The fourth-order valence-electron chi connectivity index (χ4n) is 6.31. The number of anilines is 3. The molecule has 2 aromatic heterocycles. The van der Waals surface area contributed by atoms with Crippen LogP contribution >= 0.6 is 0 Å². The average molecular weight is 559 g/mol. The van der Waals surface area contributed by atoms with Crippen molar-refractivity contribution in [2.45, 2.75) is 38.2 Å². The fourth-order valence-corrected chi connectivity index (χ4v) is 6.31. The van der Waals surface area contributed by atoms with Crippen LogP contribution in [0.25, 0.3) is 10.9 Å². The second kappa shape index (κ2) is 11.7. The molecule has 0 amide bonds. The van der Waals surface area contributed by atoms with E-state index in [1.54, 1.807) is 13.2 Å². The van der Waals surface area contributed by atoms with Crippen LogP contribution in [-0.2, 0) is 9.47 Å². The molecule has 3 aliphatic heterocycles. The lowest BCUT2D eigenvalue weighted by atomic mass is 10.1. The van der Waals surface area contributed by atoms with Gasteiger partial charge >= 0.3 is 0 Å². The molecule has 3 aromatic rings. The van der Waals surface area contributed by atoms with Crippen LogP contribution in [0.15, 0.2) is 36.5 Å². The first-order valence-corrected chi connectivity index (χ1v) is 14.4. The molecule has 0 saturated carbocycles. The molecular formula is C30H39N9O2. The average Bonchev–Trinajstić information content (AvgIpc) is 3.37. The van der Waals surface area contributed by atoms with Gasteiger partial charge in [0.2, 0.25) is 5.95 Å². The van der Waals surface area contributed by atoms with Gasteiger partial charge in [0, 0.05) is 95.0 Å². The highest BCUT2D eigenvalue weighted by Gasteiger charge is 2.32. The number of ether oxygens (including phenoxy) is 2. The van der Waals surface area contributed by atoms with Gasteiger partial charge in [-0.3, -0.25) is 9.88 Å². The first-order valence-electron chi connectivity index (χ1n) is 14.9. The lowest BCUT2D eigenvalue weighted by Crippen LogP contribution is -2.54. The molecule has 3 aliphatic rings. The minimum absolute atomic E-state index is 0.0105. The Kier molecular flexibility index (Phi) is 7.54. The van der Waals surface area contributed by atoms with Crippen LogP contribution in [0, 0.1) is 18.3 Å². The highest BCUT2D eigenvalue weighted by atomic mass is 16.5. The van der Waals surface area contributed by atoms with Crippen molar-refractivity contribution in [2.24, 2.45) is 5.73 Å². The second-order valence-electron chi connectivity index (χ2n) is 11.4. The number of rotatable bonds is 6. The molecule has 0 unspecified atom stereocenters. The molecule has 1 aromatic carbocycles. The minimum Gasteiger partial charge on any atom is -0.378 e. The Morgan fingerprint density at radius 3 is 2.68 bits per heavy atom. The van der Waals surface area contributed by atoms with Gasteiger partial charge in [-0.1, -0.05) is 0 Å². The van der Waals surface area contributed by atoms with Crippen molar-refractivity contribution in [2.75, 3.05) is 80.7 Å². The van der Waals surface area contributed by atoms with Gasteiger partial charge in [-0.25, -0.2) is 4.98 Å². The van der Waals surface area contributed by atoms with Crippen LogP contribution in [-0.4, -0.2) is 110 Å². The number of piperazine rings is 1. The number of benzene rings is 1. The van der Waals surface area contributed by atoms with Crippen molar-refractivity contribution in [3.63, 3.8) is 0 Å². The summed E-state index contributed by atoms with van der Waals surface area (Å²) >= 11 is 0. The minimum atomic E-state index is -0.0266. The number of methoxy groups -OCH3 is 1. The van der Waals surface area contributed by atoms with E-state index < -0.39 is 0 Å². The number of morpholine rings is 1. The number of hydrogen-bond acceptors (Lipinski definition) is 11. The second-order valence-corrected chi connectivity index (χ2v) is 11.4. The lowest BCUT2D eigenvalue weighted by Gasteiger charge is -2.42. The Balaban J connectivity index is 1.10. The molecule has 0 bridgehead atoms. The highest BCUT2D eigenvalue weighted by molar-refractivity contribution is 5.95. The largest absolute Gasteiger partial charge is 0.378 e. The van der Waals surface area contributed by atoms with Gasteiger partial charge in [-0.05, 0) is 38.1 Å². The van der Waals surface area contributed by atoms with Gasteiger partial charge in [0.05, 0.1) is 36.8 Å². The molecule has 216 valence electrons. The third-order valence-corrected chi connectivity index (χ3v) is 8.36. The highest BCUT2D eigenvalue weighted by Crippen LogP contribution is 2.30. The standard InChI is InChI=1S/C30H39N9O2/c1-20-13-28(39-18-25(32)27(19-39)40-3)35-30(34-20)37-11-9-36(10-12-37)16-23-17-38(15-21(2)41-23)26-7-6-22(14-31)29-24(26)5-4-8-33-29/h4-8,13,21,23,25,27H,9-12,15-19,32H2,1-3H3/t21-,23+,25+,27+/m1/s1/i8D. The van der Waals surface area contributed by atoms with E-state index >= 15 is 0 Å². The summed E-state index contributed by atoms with van der Waals surface area (Å²) in [6.45, 7) is 11.4. The van der Waals surface area contributed by atoms with E-state index in [9.17, 15) is 5.26 Å². The van der Waals surface area contributed by atoms with Gasteiger partial charge in [-0.15, -0.1) is 0 Å². The van der Waals surface area contributed by atoms with Gasteiger partial charge < -0.3 is 29.9 Å². The topological polar surface area (TPSA) is 120 Å². The summed E-state index contributed by atoms with van der Waals surface area (Å²) in [6.07, 6.45) is 0.283. The molecular weight excluding hydrogens is 518 g/mol. The van der Waals surface area contributed by atoms with Crippen molar-refractivity contribution in [1.82, 2.24) is 19.9 Å². The maximum atomic E-state index is 9.58. The molecule has 5 heterocycles. The molecule has 11 heteroatoms. The van der Waals surface area contributed by atoms with Crippen molar-refractivity contribution >= 4 is 28.4 Å². The number of hydrogen-bond donors (Lipinski definition) is 1. The Hall–Kier alpha value is -3.56. The molecule has 3 saturated heterocycles. The van der Waals surface area contributed by atoms with E-state index in [-0.39, 0.29) is 30.5 Å². The normalized spacial score (nSPS) is 25.9. The molecule has 0 spiro atoms. The molecule has 11 nitrogen and oxygen atoms in total. The molecule has 3 fully saturated rings. The number of pyridine rings is 1. The van der Waals surface area contributed by atoms with Gasteiger partial charge in [0.1, 0.15) is 11.9 Å². The lowest BCUT2D eigenvalue weighted by molar-refractivity contribution is -0.0327. The van der Waals surface area contributed by atoms with Crippen LogP contribution in [0.1, 0.15) is 19.6 Å².